The average molecular weight is 1060 g/mol. The van der Waals surface area contributed by atoms with Gasteiger partial charge in [-0.05, 0) is 96.3 Å². The fraction of sp³-hybridized carbons (Fsp3) is 0.729. The van der Waals surface area contributed by atoms with Crippen molar-refractivity contribution in [2.75, 3.05) is 13.2 Å². The van der Waals surface area contributed by atoms with Crippen LogP contribution < -0.4 is 0 Å². The lowest BCUT2D eigenvalue weighted by molar-refractivity contribution is -0.167. The fourth-order valence-electron chi connectivity index (χ4n) is 9.07. The molecule has 436 valence electrons. The van der Waals surface area contributed by atoms with Crippen molar-refractivity contribution in [1.82, 2.24) is 0 Å². The minimum absolute atomic E-state index is 0.0802. The molecule has 0 aliphatic carbocycles. The van der Waals surface area contributed by atoms with E-state index in [0.29, 0.717) is 19.3 Å². The quantitative estimate of drug-likeness (QED) is 0.0261. The molecule has 0 rings (SSSR count). The number of hydrogen-bond donors (Lipinski definition) is 0. The van der Waals surface area contributed by atoms with Gasteiger partial charge in [0.25, 0.3) is 0 Å². The van der Waals surface area contributed by atoms with Crippen LogP contribution in [0.5, 0.6) is 0 Å². The van der Waals surface area contributed by atoms with Gasteiger partial charge in [0, 0.05) is 19.3 Å². The summed E-state index contributed by atoms with van der Waals surface area (Å²) in [5.41, 5.74) is 0. The van der Waals surface area contributed by atoms with Gasteiger partial charge < -0.3 is 14.2 Å². The molecule has 1 atom stereocenters. The van der Waals surface area contributed by atoms with Gasteiger partial charge in [-0.25, -0.2) is 0 Å². The van der Waals surface area contributed by atoms with Crippen molar-refractivity contribution >= 4 is 17.9 Å². The first kappa shape index (κ1) is 72.3. The zero-order chi connectivity index (χ0) is 55.0. The van der Waals surface area contributed by atoms with Crippen molar-refractivity contribution < 1.29 is 28.6 Å². The van der Waals surface area contributed by atoms with Crippen molar-refractivity contribution in [1.29, 1.82) is 0 Å². The standard InChI is InChI=1S/C70H120O6/c1-4-7-10-13-16-19-22-25-27-29-31-32-33-34-35-36-37-38-40-41-43-45-48-51-54-57-60-63-69(72)75-66-67(65-74-68(71)62-59-56-53-50-47-24-21-18-15-12-9-6-3)76-70(73)64-61-58-55-52-49-46-44-42-39-30-28-26-23-20-17-14-11-8-5-2/h7-8,10-11,16-17,19-20,25-28,31-32,39,42,67H,4-6,9,12-15,18,21-24,29-30,33-38,40-41,43-66H2,1-3H3/b10-7-,11-8-,19-16-,20-17-,27-25-,28-26-,32-31-,42-39-. The molecule has 0 spiro atoms. The van der Waals surface area contributed by atoms with Gasteiger partial charge in [0.15, 0.2) is 6.10 Å². The lowest BCUT2D eigenvalue weighted by Crippen LogP contribution is -2.30. The Kier molecular flexibility index (Phi) is 60.8. The van der Waals surface area contributed by atoms with Crippen LogP contribution in [0, 0.1) is 0 Å². The second-order valence-corrected chi connectivity index (χ2v) is 21.3. The highest BCUT2D eigenvalue weighted by Crippen LogP contribution is 2.17. The van der Waals surface area contributed by atoms with Crippen LogP contribution in [0.2, 0.25) is 0 Å². The van der Waals surface area contributed by atoms with Gasteiger partial charge in [0.2, 0.25) is 0 Å². The Morgan fingerprint density at radius 1 is 0.276 bits per heavy atom. The molecule has 0 aromatic heterocycles. The molecule has 0 aromatic rings. The largest absolute Gasteiger partial charge is 0.462 e. The molecule has 76 heavy (non-hydrogen) atoms. The van der Waals surface area contributed by atoms with Gasteiger partial charge in [-0.1, -0.05) is 291 Å². The summed E-state index contributed by atoms with van der Waals surface area (Å²) in [6, 6.07) is 0. The Labute approximate surface area is 470 Å². The Hall–Kier alpha value is -3.67. The maximum absolute atomic E-state index is 12.9. The number of hydrogen-bond acceptors (Lipinski definition) is 6. The Bertz CT molecular complexity index is 1490. The third-order valence-corrected chi connectivity index (χ3v) is 13.8. The molecule has 6 nitrogen and oxygen atoms in total. The summed E-state index contributed by atoms with van der Waals surface area (Å²) < 4.78 is 16.9. The van der Waals surface area contributed by atoms with E-state index in [9.17, 15) is 14.4 Å². The Morgan fingerprint density at radius 3 is 0.803 bits per heavy atom. The normalized spacial score (nSPS) is 12.7. The Balaban J connectivity index is 4.27. The zero-order valence-corrected chi connectivity index (χ0v) is 50.0. The molecule has 1 unspecified atom stereocenters. The van der Waals surface area contributed by atoms with Crippen molar-refractivity contribution in [3.8, 4) is 0 Å². The number of ether oxygens (including phenoxy) is 3. The van der Waals surface area contributed by atoms with Crippen molar-refractivity contribution in [2.45, 2.75) is 316 Å². The number of esters is 3. The number of allylic oxidation sites excluding steroid dienone is 16. The SMILES string of the molecule is CC/C=C\C/C=C\C/C=C\C/C=C\CCCCCCCCCCCCCCCCC(=O)OCC(COC(=O)CCCCCCCCCCCCCC)OC(=O)CCCCCCCC/C=C\C/C=C\C/C=C\C/C=C\CC. The van der Waals surface area contributed by atoms with Gasteiger partial charge in [-0.3, -0.25) is 14.4 Å². The second kappa shape index (κ2) is 63.9. The lowest BCUT2D eigenvalue weighted by Gasteiger charge is -2.18. The summed E-state index contributed by atoms with van der Waals surface area (Å²) in [4.78, 5) is 38.3. The minimum Gasteiger partial charge on any atom is -0.462 e. The molecule has 0 amide bonds. The maximum Gasteiger partial charge on any atom is 0.306 e. The average Bonchev–Trinajstić information content (AvgIpc) is 3.42. The molecule has 0 fully saturated rings. The summed E-state index contributed by atoms with van der Waals surface area (Å²) in [5.74, 6) is -0.884. The molecule has 0 N–H and O–H groups in total. The summed E-state index contributed by atoms with van der Waals surface area (Å²) in [6.07, 6.45) is 85.6. The third kappa shape index (κ3) is 61.2. The van der Waals surface area contributed by atoms with Crippen LogP contribution >= 0.6 is 0 Å². The first-order valence-corrected chi connectivity index (χ1v) is 32.2. The van der Waals surface area contributed by atoms with E-state index in [2.05, 4.69) is 118 Å². The fourth-order valence-corrected chi connectivity index (χ4v) is 9.07. The highest BCUT2D eigenvalue weighted by Gasteiger charge is 2.19. The predicted molar refractivity (Wildman–Crippen MR) is 330 cm³/mol. The van der Waals surface area contributed by atoms with Crippen LogP contribution in [0.4, 0.5) is 0 Å². The van der Waals surface area contributed by atoms with Gasteiger partial charge in [-0.15, -0.1) is 0 Å². The van der Waals surface area contributed by atoms with Crippen molar-refractivity contribution in [3.05, 3.63) is 97.2 Å². The highest BCUT2D eigenvalue weighted by atomic mass is 16.6. The molecule has 0 aliphatic heterocycles. The number of carbonyl (C=O) groups is 3. The summed E-state index contributed by atoms with van der Waals surface area (Å²) in [7, 11) is 0. The molecule has 0 aromatic carbocycles. The first-order valence-electron chi connectivity index (χ1n) is 32.2. The molecule has 0 aliphatic rings. The first-order chi connectivity index (χ1) is 37.5. The summed E-state index contributed by atoms with van der Waals surface area (Å²) in [5, 5.41) is 0. The zero-order valence-electron chi connectivity index (χ0n) is 50.0. The van der Waals surface area contributed by atoms with Crippen molar-refractivity contribution in [3.63, 3.8) is 0 Å². The molecule has 0 saturated carbocycles. The molecular weight excluding hydrogens is 937 g/mol. The van der Waals surface area contributed by atoms with E-state index in [-0.39, 0.29) is 31.1 Å². The maximum atomic E-state index is 12.9. The number of unbranched alkanes of at least 4 members (excludes halogenated alkanes) is 31. The van der Waals surface area contributed by atoms with Crippen LogP contribution in [0.3, 0.4) is 0 Å². The van der Waals surface area contributed by atoms with Crippen LogP contribution in [-0.2, 0) is 28.6 Å². The van der Waals surface area contributed by atoms with E-state index in [0.717, 1.165) is 122 Å². The topological polar surface area (TPSA) is 78.9 Å². The molecule has 6 heteroatoms. The van der Waals surface area contributed by atoms with E-state index < -0.39 is 6.10 Å². The molecule has 0 bridgehead atoms. The van der Waals surface area contributed by atoms with E-state index in [4.69, 9.17) is 14.2 Å². The van der Waals surface area contributed by atoms with E-state index in [1.165, 1.54) is 148 Å². The predicted octanol–water partition coefficient (Wildman–Crippen LogP) is 22.0. The monoisotopic (exact) mass is 1060 g/mol. The van der Waals surface area contributed by atoms with E-state index >= 15 is 0 Å². The lowest BCUT2D eigenvalue weighted by atomic mass is 10.0. The Morgan fingerprint density at radius 2 is 0.513 bits per heavy atom. The summed E-state index contributed by atoms with van der Waals surface area (Å²) in [6.45, 7) is 6.43. The minimum atomic E-state index is -0.784. The van der Waals surface area contributed by atoms with E-state index in [1.54, 1.807) is 0 Å². The van der Waals surface area contributed by atoms with Crippen LogP contribution in [0.1, 0.15) is 310 Å². The smallest absolute Gasteiger partial charge is 0.306 e. The second-order valence-electron chi connectivity index (χ2n) is 21.3. The number of rotatable bonds is 58. The van der Waals surface area contributed by atoms with Crippen molar-refractivity contribution in [2.24, 2.45) is 0 Å². The molecule has 0 saturated heterocycles. The molecular formula is C70H120O6. The van der Waals surface area contributed by atoms with Crippen LogP contribution in [0.15, 0.2) is 97.2 Å². The van der Waals surface area contributed by atoms with Crippen LogP contribution in [0.25, 0.3) is 0 Å². The van der Waals surface area contributed by atoms with Gasteiger partial charge in [0.1, 0.15) is 13.2 Å². The highest BCUT2D eigenvalue weighted by molar-refractivity contribution is 5.71. The van der Waals surface area contributed by atoms with Gasteiger partial charge >= 0.3 is 17.9 Å². The summed E-state index contributed by atoms with van der Waals surface area (Å²) >= 11 is 0. The number of carbonyl (C=O) groups excluding carboxylic acids is 3. The molecule has 0 radical (unpaired) electrons. The third-order valence-electron chi connectivity index (χ3n) is 13.8. The van der Waals surface area contributed by atoms with Gasteiger partial charge in [-0.2, -0.15) is 0 Å². The molecule has 0 heterocycles. The van der Waals surface area contributed by atoms with Crippen LogP contribution in [-0.4, -0.2) is 37.2 Å². The van der Waals surface area contributed by atoms with Gasteiger partial charge in [0.05, 0.1) is 0 Å². The van der Waals surface area contributed by atoms with E-state index in [1.807, 2.05) is 0 Å².